The van der Waals surface area contributed by atoms with Crippen LogP contribution in [0.1, 0.15) is 21.7 Å². The summed E-state index contributed by atoms with van der Waals surface area (Å²) in [6, 6.07) is 15.5. The van der Waals surface area contributed by atoms with Gasteiger partial charge in [-0.3, -0.25) is 4.79 Å². The first-order valence-electron chi connectivity index (χ1n) is 7.61. The normalized spacial score (nSPS) is 10.7. The fourth-order valence-electron chi connectivity index (χ4n) is 2.48. The number of rotatable bonds is 5. The molecule has 0 spiro atoms. The zero-order valence-corrected chi connectivity index (χ0v) is 13.3. The summed E-state index contributed by atoms with van der Waals surface area (Å²) in [6.45, 7) is 4.73. The van der Waals surface area contributed by atoms with Crippen LogP contribution in [-0.2, 0) is 0 Å². The van der Waals surface area contributed by atoms with E-state index in [1.807, 2.05) is 62.4 Å². The third kappa shape index (κ3) is 3.37. The molecule has 1 amide bonds. The van der Waals surface area contributed by atoms with Gasteiger partial charge < -0.3 is 14.5 Å². The standard InChI is InChI=1S/C19H19NO3/c1-13-8-9-16-14(2)18(23-17(16)12-13)19(21)20-10-11-22-15-6-4-3-5-7-15/h3-9,12H,10-11H2,1-2H3,(H,20,21). The molecule has 1 N–H and O–H groups in total. The maximum absolute atomic E-state index is 12.3. The third-order valence-electron chi connectivity index (χ3n) is 3.70. The van der Waals surface area contributed by atoms with Crippen molar-refractivity contribution in [2.45, 2.75) is 13.8 Å². The summed E-state index contributed by atoms with van der Waals surface area (Å²) >= 11 is 0. The van der Waals surface area contributed by atoms with Gasteiger partial charge in [-0.1, -0.05) is 30.3 Å². The number of ether oxygens (including phenoxy) is 1. The number of nitrogens with one attached hydrogen (secondary N) is 1. The van der Waals surface area contributed by atoms with Crippen LogP contribution in [0.15, 0.2) is 52.9 Å². The number of hydrogen-bond donors (Lipinski definition) is 1. The van der Waals surface area contributed by atoms with Crippen LogP contribution in [0.25, 0.3) is 11.0 Å². The molecule has 0 fully saturated rings. The Kier molecular flexibility index (Phi) is 4.33. The topological polar surface area (TPSA) is 51.5 Å². The van der Waals surface area contributed by atoms with Crippen LogP contribution in [0.2, 0.25) is 0 Å². The van der Waals surface area contributed by atoms with E-state index in [-0.39, 0.29) is 5.91 Å². The van der Waals surface area contributed by atoms with Crippen molar-refractivity contribution < 1.29 is 13.9 Å². The summed E-state index contributed by atoms with van der Waals surface area (Å²) in [4.78, 5) is 12.3. The lowest BCUT2D eigenvalue weighted by atomic mass is 10.1. The lowest BCUT2D eigenvalue weighted by Gasteiger charge is -2.06. The first-order valence-corrected chi connectivity index (χ1v) is 7.61. The first kappa shape index (κ1) is 15.2. The minimum atomic E-state index is -0.215. The Bertz CT molecular complexity index is 821. The molecular formula is C19H19NO3. The molecule has 0 saturated carbocycles. The number of hydrogen-bond acceptors (Lipinski definition) is 3. The molecule has 118 valence electrons. The first-order chi connectivity index (χ1) is 11.1. The van der Waals surface area contributed by atoms with E-state index in [0.29, 0.717) is 18.9 Å². The largest absolute Gasteiger partial charge is 0.492 e. The molecule has 4 heteroatoms. The van der Waals surface area contributed by atoms with Crippen molar-refractivity contribution in [3.63, 3.8) is 0 Å². The number of fused-ring (bicyclic) bond motifs is 1. The molecular weight excluding hydrogens is 290 g/mol. The number of carbonyl (C=O) groups is 1. The highest BCUT2D eigenvalue weighted by Crippen LogP contribution is 2.25. The van der Waals surface area contributed by atoms with Crippen LogP contribution in [0, 0.1) is 13.8 Å². The molecule has 0 saturated heterocycles. The number of amides is 1. The van der Waals surface area contributed by atoms with E-state index in [9.17, 15) is 4.79 Å². The molecule has 23 heavy (non-hydrogen) atoms. The summed E-state index contributed by atoms with van der Waals surface area (Å²) < 4.78 is 11.3. The van der Waals surface area contributed by atoms with E-state index in [1.165, 1.54) is 0 Å². The minimum absolute atomic E-state index is 0.215. The summed E-state index contributed by atoms with van der Waals surface area (Å²) in [5, 5.41) is 3.80. The van der Waals surface area contributed by atoms with Gasteiger partial charge in [0.25, 0.3) is 5.91 Å². The van der Waals surface area contributed by atoms with Crippen molar-refractivity contribution >= 4 is 16.9 Å². The number of para-hydroxylation sites is 1. The summed E-state index contributed by atoms with van der Waals surface area (Å²) in [5.74, 6) is 0.940. The lowest BCUT2D eigenvalue weighted by molar-refractivity contribution is 0.0920. The van der Waals surface area contributed by atoms with Gasteiger partial charge in [-0.05, 0) is 37.6 Å². The molecule has 0 unspecified atom stereocenters. The van der Waals surface area contributed by atoms with Gasteiger partial charge in [-0.2, -0.15) is 0 Å². The zero-order valence-electron chi connectivity index (χ0n) is 13.3. The number of benzene rings is 2. The Balaban J connectivity index is 1.61. The molecule has 4 nitrogen and oxygen atoms in total. The minimum Gasteiger partial charge on any atom is -0.492 e. The SMILES string of the molecule is Cc1ccc2c(C)c(C(=O)NCCOc3ccccc3)oc2c1. The van der Waals surface area contributed by atoms with Crippen LogP contribution < -0.4 is 10.1 Å². The van der Waals surface area contributed by atoms with Gasteiger partial charge in [0.05, 0.1) is 6.54 Å². The van der Waals surface area contributed by atoms with Crippen LogP contribution in [0.4, 0.5) is 0 Å². The molecule has 0 atom stereocenters. The monoisotopic (exact) mass is 309 g/mol. The van der Waals surface area contributed by atoms with Crippen molar-refractivity contribution in [2.75, 3.05) is 13.2 Å². The molecule has 1 aromatic heterocycles. The number of furan rings is 1. The van der Waals surface area contributed by atoms with E-state index >= 15 is 0 Å². The Labute approximate surface area is 135 Å². The van der Waals surface area contributed by atoms with Crippen LogP contribution in [0.5, 0.6) is 5.75 Å². The predicted octanol–water partition coefficient (Wildman–Crippen LogP) is 3.86. The molecule has 3 aromatic rings. The Hall–Kier alpha value is -2.75. The van der Waals surface area contributed by atoms with Gasteiger partial charge >= 0.3 is 0 Å². The van der Waals surface area contributed by atoms with E-state index in [1.54, 1.807) is 0 Å². The molecule has 0 bridgehead atoms. The number of carbonyl (C=O) groups excluding carboxylic acids is 1. The quantitative estimate of drug-likeness (QED) is 0.728. The fraction of sp³-hybridized carbons (Fsp3) is 0.211. The van der Waals surface area contributed by atoms with Crippen molar-refractivity contribution in [1.82, 2.24) is 5.32 Å². The van der Waals surface area contributed by atoms with Gasteiger partial charge in [-0.25, -0.2) is 0 Å². The van der Waals surface area contributed by atoms with Crippen molar-refractivity contribution in [3.8, 4) is 5.75 Å². The average Bonchev–Trinajstić information content (AvgIpc) is 2.88. The van der Waals surface area contributed by atoms with E-state index < -0.39 is 0 Å². The zero-order chi connectivity index (χ0) is 16.2. The molecule has 0 radical (unpaired) electrons. The predicted molar refractivity (Wildman–Crippen MR) is 90.0 cm³/mol. The van der Waals surface area contributed by atoms with Gasteiger partial charge in [0.15, 0.2) is 5.76 Å². The number of aryl methyl sites for hydroxylation is 2. The molecule has 0 aliphatic carbocycles. The molecule has 0 aliphatic heterocycles. The highest BCUT2D eigenvalue weighted by atomic mass is 16.5. The van der Waals surface area contributed by atoms with Gasteiger partial charge in [0.1, 0.15) is 17.9 Å². The molecule has 1 heterocycles. The van der Waals surface area contributed by atoms with Crippen LogP contribution in [0.3, 0.4) is 0 Å². The smallest absolute Gasteiger partial charge is 0.287 e. The maximum Gasteiger partial charge on any atom is 0.287 e. The van der Waals surface area contributed by atoms with Gasteiger partial charge in [0.2, 0.25) is 0 Å². The maximum atomic E-state index is 12.3. The summed E-state index contributed by atoms with van der Waals surface area (Å²) in [6.07, 6.45) is 0. The highest BCUT2D eigenvalue weighted by molar-refractivity contribution is 5.99. The van der Waals surface area contributed by atoms with Gasteiger partial charge in [0, 0.05) is 10.9 Å². The summed E-state index contributed by atoms with van der Waals surface area (Å²) in [7, 11) is 0. The fourth-order valence-corrected chi connectivity index (χ4v) is 2.48. The second-order valence-corrected chi connectivity index (χ2v) is 5.47. The van der Waals surface area contributed by atoms with Crippen LogP contribution >= 0.6 is 0 Å². The Morgan fingerprint density at radius 2 is 1.91 bits per heavy atom. The molecule has 3 rings (SSSR count). The van der Waals surface area contributed by atoms with Crippen LogP contribution in [-0.4, -0.2) is 19.1 Å². The average molecular weight is 309 g/mol. The second-order valence-electron chi connectivity index (χ2n) is 5.47. The molecule has 0 aliphatic rings. The Morgan fingerprint density at radius 1 is 1.13 bits per heavy atom. The van der Waals surface area contributed by atoms with Crippen molar-refractivity contribution in [3.05, 3.63) is 65.4 Å². The lowest BCUT2D eigenvalue weighted by Crippen LogP contribution is -2.28. The second kappa shape index (κ2) is 6.57. The highest BCUT2D eigenvalue weighted by Gasteiger charge is 2.17. The van der Waals surface area contributed by atoms with Crippen molar-refractivity contribution in [2.24, 2.45) is 0 Å². The molecule has 2 aromatic carbocycles. The summed E-state index contributed by atoms with van der Waals surface area (Å²) in [5.41, 5.74) is 2.71. The van der Waals surface area contributed by atoms with Gasteiger partial charge in [-0.15, -0.1) is 0 Å². The van der Waals surface area contributed by atoms with E-state index in [0.717, 1.165) is 27.8 Å². The van der Waals surface area contributed by atoms with E-state index in [4.69, 9.17) is 9.15 Å². The Morgan fingerprint density at radius 3 is 2.70 bits per heavy atom. The van der Waals surface area contributed by atoms with E-state index in [2.05, 4.69) is 5.32 Å². The van der Waals surface area contributed by atoms with Crippen molar-refractivity contribution in [1.29, 1.82) is 0 Å². The third-order valence-corrected chi connectivity index (χ3v) is 3.70.